The summed E-state index contributed by atoms with van der Waals surface area (Å²) in [6, 6.07) is 11.7. The zero-order valence-corrected chi connectivity index (χ0v) is 12.8. The first-order valence-electron chi connectivity index (χ1n) is 7.28. The molecule has 0 spiro atoms. The third-order valence-electron chi connectivity index (χ3n) is 3.54. The second-order valence-corrected chi connectivity index (χ2v) is 5.30. The van der Waals surface area contributed by atoms with Crippen LogP contribution in [0.15, 0.2) is 53.6 Å². The summed E-state index contributed by atoms with van der Waals surface area (Å²) < 4.78 is 57.8. The van der Waals surface area contributed by atoms with Crippen molar-refractivity contribution in [2.24, 2.45) is 5.10 Å². The SMILES string of the molecule is O=C1COC(c2cccc(C(F)(F)F)c2F)=NN1Cc1ccccc1. The van der Waals surface area contributed by atoms with Crippen molar-refractivity contribution >= 4 is 11.8 Å². The van der Waals surface area contributed by atoms with Crippen LogP contribution in [-0.4, -0.2) is 23.4 Å². The Balaban J connectivity index is 1.94. The summed E-state index contributed by atoms with van der Waals surface area (Å²) in [5, 5.41) is 4.93. The van der Waals surface area contributed by atoms with Crippen LogP contribution in [0.4, 0.5) is 17.6 Å². The Hall–Kier alpha value is -2.90. The Morgan fingerprint density at radius 3 is 2.48 bits per heavy atom. The van der Waals surface area contributed by atoms with Gasteiger partial charge in [-0.25, -0.2) is 9.40 Å². The Kier molecular flexibility index (Phi) is 4.43. The molecule has 4 nitrogen and oxygen atoms in total. The summed E-state index contributed by atoms with van der Waals surface area (Å²) in [6.45, 7) is -0.325. The van der Waals surface area contributed by atoms with Crippen LogP contribution < -0.4 is 0 Å². The van der Waals surface area contributed by atoms with E-state index in [9.17, 15) is 22.4 Å². The van der Waals surface area contributed by atoms with E-state index in [-0.39, 0.29) is 12.4 Å². The molecule has 0 atom stereocenters. The zero-order chi connectivity index (χ0) is 18.0. The highest BCUT2D eigenvalue weighted by Crippen LogP contribution is 2.32. The molecule has 0 bridgehead atoms. The Bertz CT molecular complexity index is 819. The van der Waals surface area contributed by atoms with Crippen molar-refractivity contribution in [2.45, 2.75) is 12.7 Å². The van der Waals surface area contributed by atoms with Crippen molar-refractivity contribution in [3.63, 3.8) is 0 Å². The molecule has 0 radical (unpaired) electrons. The molecule has 8 heteroatoms. The highest BCUT2D eigenvalue weighted by Gasteiger charge is 2.36. The molecular weight excluding hydrogens is 340 g/mol. The average molecular weight is 352 g/mol. The summed E-state index contributed by atoms with van der Waals surface area (Å²) in [6.07, 6.45) is -4.84. The van der Waals surface area contributed by atoms with Gasteiger partial charge < -0.3 is 4.74 Å². The lowest BCUT2D eigenvalue weighted by Gasteiger charge is -2.24. The minimum absolute atomic E-state index is 0.104. The van der Waals surface area contributed by atoms with Crippen LogP contribution in [0.2, 0.25) is 0 Å². The van der Waals surface area contributed by atoms with Gasteiger partial charge in [-0.3, -0.25) is 4.79 Å². The molecule has 1 heterocycles. The molecule has 0 aliphatic carbocycles. The van der Waals surface area contributed by atoms with E-state index in [1.54, 1.807) is 30.3 Å². The quantitative estimate of drug-likeness (QED) is 0.793. The third-order valence-corrected chi connectivity index (χ3v) is 3.54. The third kappa shape index (κ3) is 3.62. The van der Waals surface area contributed by atoms with Gasteiger partial charge in [-0.05, 0) is 17.7 Å². The predicted octanol–water partition coefficient (Wildman–Crippen LogP) is 3.57. The molecule has 0 saturated heterocycles. The number of hydrazone groups is 1. The molecule has 2 aromatic rings. The number of hydrogen-bond acceptors (Lipinski definition) is 3. The van der Waals surface area contributed by atoms with E-state index >= 15 is 0 Å². The van der Waals surface area contributed by atoms with Crippen LogP contribution in [0, 0.1) is 5.82 Å². The van der Waals surface area contributed by atoms with E-state index in [4.69, 9.17) is 4.74 Å². The molecule has 25 heavy (non-hydrogen) atoms. The number of amides is 1. The van der Waals surface area contributed by atoms with Gasteiger partial charge in [-0.2, -0.15) is 13.2 Å². The van der Waals surface area contributed by atoms with E-state index in [0.717, 1.165) is 22.7 Å². The van der Waals surface area contributed by atoms with Gasteiger partial charge in [0.05, 0.1) is 17.7 Å². The van der Waals surface area contributed by atoms with Crippen LogP contribution in [0.3, 0.4) is 0 Å². The molecule has 3 rings (SSSR count). The topological polar surface area (TPSA) is 41.9 Å². The van der Waals surface area contributed by atoms with Crippen LogP contribution in [-0.2, 0) is 22.3 Å². The summed E-state index contributed by atoms with van der Waals surface area (Å²) in [4.78, 5) is 11.9. The number of rotatable bonds is 3. The molecule has 0 saturated carbocycles. The number of alkyl halides is 3. The Morgan fingerprint density at radius 2 is 1.80 bits per heavy atom. The fourth-order valence-electron chi connectivity index (χ4n) is 2.33. The van der Waals surface area contributed by atoms with Gasteiger partial charge in [-0.1, -0.05) is 36.4 Å². The van der Waals surface area contributed by atoms with Crippen LogP contribution in [0.25, 0.3) is 0 Å². The number of nitrogens with zero attached hydrogens (tertiary/aromatic N) is 2. The maximum absolute atomic E-state index is 14.2. The summed E-state index contributed by atoms with van der Waals surface area (Å²) in [5.41, 5.74) is -1.09. The Morgan fingerprint density at radius 1 is 1.08 bits per heavy atom. The molecule has 1 amide bonds. The monoisotopic (exact) mass is 352 g/mol. The lowest BCUT2D eigenvalue weighted by molar-refractivity contribution is -0.140. The number of benzene rings is 2. The summed E-state index contributed by atoms with van der Waals surface area (Å²) >= 11 is 0. The van der Waals surface area contributed by atoms with Crippen molar-refractivity contribution in [1.29, 1.82) is 0 Å². The second kappa shape index (κ2) is 6.54. The van der Waals surface area contributed by atoms with E-state index in [2.05, 4.69) is 5.10 Å². The number of carbonyl (C=O) groups is 1. The van der Waals surface area contributed by atoms with Gasteiger partial charge >= 0.3 is 6.18 Å². The van der Waals surface area contributed by atoms with E-state index in [1.807, 2.05) is 0 Å². The van der Waals surface area contributed by atoms with Gasteiger partial charge in [-0.15, -0.1) is 5.10 Å². The maximum Gasteiger partial charge on any atom is 0.419 e. The normalized spacial score (nSPS) is 15.0. The minimum atomic E-state index is -4.84. The van der Waals surface area contributed by atoms with Gasteiger partial charge in [0.2, 0.25) is 5.90 Å². The van der Waals surface area contributed by atoms with Crippen LogP contribution in [0.5, 0.6) is 0 Å². The molecular formula is C17H12F4N2O2. The van der Waals surface area contributed by atoms with Crippen molar-refractivity contribution in [3.8, 4) is 0 Å². The molecule has 2 aromatic carbocycles. The number of ether oxygens (including phenoxy) is 1. The van der Waals surface area contributed by atoms with Gasteiger partial charge in [0, 0.05) is 0 Å². The second-order valence-electron chi connectivity index (χ2n) is 5.30. The summed E-state index contributed by atoms with van der Waals surface area (Å²) in [5.74, 6) is -2.32. The van der Waals surface area contributed by atoms with Gasteiger partial charge in [0.1, 0.15) is 5.82 Å². The van der Waals surface area contributed by atoms with E-state index < -0.39 is 35.6 Å². The summed E-state index contributed by atoms with van der Waals surface area (Å²) in [7, 11) is 0. The first-order valence-corrected chi connectivity index (χ1v) is 7.28. The number of carbonyl (C=O) groups excluding carboxylic acids is 1. The standard InChI is InChI=1S/C17H12F4N2O2/c18-15-12(7-4-8-13(15)17(19,20)21)16-22-23(14(24)10-25-16)9-11-5-2-1-3-6-11/h1-8H,9-10H2. The highest BCUT2D eigenvalue weighted by molar-refractivity contribution is 5.98. The smallest absolute Gasteiger partial charge is 0.419 e. The van der Waals surface area contributed by atoms with Crippen LogP contribution in [0.1, 0.15) is 16.7 Å². The van der Waals surface area contributed by atoms with Gasteiger partial charge in [0.15, 0.2) is 6.61 Å². The molecule has 0 aromatic heterocycles. The van der Waals surface area contributed by atoms with E-state index in [0.29, 0.717) is 6.07 Å². The minimum Gasteiger partial charge on any atom is -0.466 e. The maximum atomic E-state index is 14.2. The zero-order valence-electron chi connectivity index (χ0n) is 12.8. The largest absolute Gasteiger partial charge is 0.466 e. The van der Waals surface area contributed by atoms with Gasteiger partial charge in [0.25, 0.3) is 5.91 Å². The molecule has 0 fully saturated rings. The number of hydrogen-bond donors (Lipinski definition) is 0. The lowest BCUT2D eigenvalue weighted by Crippen LogP contribution is -2.36. The first kappa shape index (κ1) is 16.9. The fraction of sp³-hybridized carbons (Fsp3) is 0.176. The fourth-order valence-corrected chi connectivity index (χ4v) is 2.33. The van der Waals surface area contributed by atoms with Crippen molar-refractivity contribution in [3.05, 3.63) is 71.0 Å². The van der Waals surface area contributed by atoms with E-state index in [1.165, 1.54) is 0 Å². The van der Waals surface area contributed by atoms with Crippen molar-refractivity contribution < 1.29 is 27.1 Å². The average Bonchev–Trinajstić information content (AvgIpc) is 2.57. The highest BCUT2D eigenvalue weighted by atomic mass is 19.4. The molecule has 1 aliphatic heterocycles. The van der Waals surface area contributed by atoms with Crippen molar-refractivity contribution in [2.75, 3.05) is 6.61 Å². The van der Waals surface area contributed by atoms with Crippen molar-refractivity contribution in [1.82, 2.24) is 5.01 Å². The van der Waals surface area contributed by atoms with Crippen LogP contribution >= 0.6 is 0 Å². The lowest BCUT2D eigenvalue weighted by atomic mass is 10.1. The molecule has 1 aliphatic rings. The predicted molar refractivity (Wildman–Crippen MR) is 80.9 cm³/mol. The first-order chi connectivity index (χ1) is 11.9. The molecule has 130 valence electrons. The molecule has 0 unspecified atom stereocenters. The Labute approximate surface area is 140 Å². The molecule has 0 N–H and O–H groups in total. The number of halogens is 4.